The number of thioether (sulfide) groups is 1. The molecule has 2 aliphatic rings. The van der Waals surface area contributed by atoms with Crippen molar-refractivity contribution in [1.29, 1.82) is 0 Å². The normalized spacial score (nSPS) is 29.4. The Labute approximate surface area is 173 Å². The highest BCUT2D eigenvalue weighted by Crippen LogP contribution is 2.58. The van der Waals surface area contributed by atoms with Crippen molar-refractivity contribution < 1.29 is 4.42 Å². The van der Waals surface area contributed by atoms with Crippen LogP contribution in [-0.2, 0) is 17.3 Å². The molecule has 150 valence electrons. The first-order valence-electron chi connectivity index (χ1n) is 10.6. The van der Waals surface area contributed by atoms with E-state index in [0.29, 0.717) is 17.1 Å². The molecule has 2 aromatic rings. The van der Waals surface area contributed by atoms with Crippen molar-refractivity contribution in [3.05, 3.63) is 53.4 Å². The minimum atomic E-state index is -0.0542. The Hall–Kier alpha value is -1.55. The summed E-state index contributed by atoms with van der Waals surface area (Å²) in [5, 5.41) is 9.48. The van der Waals surface area contributed by atoms with Crippen molar-refractivity contribution in [3.63, 3.8) is 0 Å². The van der Waals surface area contributed by atoms with Crippen LogP contribution < -0.4 is 0 Å². The number of benzene rings is 1. The number of fused-ring (bicyclic) bond motifs is 3. The monoisotopic (exact) mass is 396 g/mol. The van der Waals surface area contributed by atoms with Gasteiger partial charge in [-0.05, 0) is 59.6 Å². The first kappa shape index (κ1) is 19.8. The van der Waals surface area contributed by atoms with Crippen LogP contribution in [0, 0.1) is 5.92 Å². The summed E-state index contributed by atoms with van der Waals surface area (Å²) in [6.07, 6.45) is 7.79. The molecular formula is C24H32N2OS. The average Bonchev–Trinajstić information content (AvgIpc) is 3.15. The molecule has 4 heteroatoms. The first-order valence-corrected chi connectivity index (χ1v) is 11.6. The second-order valence-electron chi connectivity index (χ2n) is 9.32. The minimum Gasteiger partial charge on any atom is -0.415 e. The van der Waals surface area contributed by atoms with E-state index in [4.69, 9.17) is 4.42 Å². The van der Waals surface area contributed by atoms with E-state index in [1.807, 2.05) is 6.08 Å². The van der Waals surface area contributed by atoms with Gasteiger partial charge in [0.2, 0.25) is 5.89 Å². The van der Waals surface area contributed by atoms with Crippen LogP contribution in [-0.4, -0.2) is 16.0 Å². The Morgan fingerprint density at radius 3 is 2.79 bits per heavy atom. The summed E-state index contributed by atoms with van der Waals surface area (Å²) in [7, 11) is 0. The molecule has 3 nitrogen and oxygen atoms in total. The van der Waals surface area contributed by atoms with Crippen molar-refractivity contribution in [2.75, 3.05) is 5.75 Å². The molecule has 1 heterocycles. The summed E-state index contributed by atoms with van der Waals surface area (Å²) in [4.78, 5) is 0. The Bertz CT molecular complexity index is 873. The summed E-state index contributed by atoms with van der Waals surface area (Å²) in [5.74, 6) is 2.74. The van der Waals surface area contributed by atoms with Gasteiger partial charge in [-0.25, -0.2) is 0 Å². The Balaban J connectivity index is 1.70. The lowest BCUT2D eigenvalue weighted by molar-refractivity contribution is 0.0633. The fourth-order valence-electron chi connectivity index (χ4n) is 5.76. The van der Waals surface area contributed by atoms with Gasteiger partial charge in [0.1, 0.15) is 0 Å². The van der Waals surface area contributed by atoms with Crippen molar-refractivity contribution in [2.45, 2.75) is 81.8 Å². The summed E-state index contributed by atoms with van der Waals surface area (Å²) in [5.41, 5.74) is 4.70. The minimum absolute atomic E-state index is 0.0542. The second kappa shape index (κ2) is 7.37. The lowest BCUT2D eigenvalue weighted by atomic mass is 9.49. The van der Waals surface area contributed by atoms with E-state index in [2.05, 4.69) is 62.7 Å². The molecule has 0 spiro atoms. The van der Waals surface area contributed by atoms with Crippen LogP contribution in [0.3, 0.4) is 0 Å². The molecule has 2 aliphatic carbocycles. The quantitative estimate of drug-likeness (QED) is 0.431. The molecule has 28 heavy (non-hydrogen) atoms. The van der Waals surface area contributed by atoms with Gasteiger partial charge in [-0.15, -0.1) is 16.8 Å². The molecule has 4 rings (SSSR count). The smallest absolute Gasteiger partial charge is 0.276 e. The van der Waals surface area contributed by atoms with Crippen LogP contribution in [0.4, 0.5) is 0 Å². The number of hydrogen-bond donors (Lipinski definition) is 0. The molecule has 0 amide bonds. The average molecular weight is 397 g/mol. The van der Waals surface area contributed by atoms with E-state index < -0.39 is 0 Å². The summed E-state index contributed by atoms with van der Waals surface area (Å²) in [6, 6.07) is 7.23. The predicted molar refractivity (Wildman–Crippen MR) is 116 cm³/mol. The van der Waals surface area contributed by atoms with E-state index in [0.717, 1.165) is 24.5 Å². The topological polar surface area (TPSA) is 38.9 Å². The molecule has 1 saturated carbocycles. The molecular weight excluding hydrogens is 364 g/mol. The van der Waals surface area contributed by atoms with Crippen LogP contribution >= 0.6 is 11.8 Å². The van der Waals surface area contributed by atoms with Gasteiger partial charge in [0.05, 0.1) is 0 Å². The Morgan fingerprint density at radius 2 is 2.04 bits per heavy atom. The fourth-order valence-corrected chi connectivity index (χ4v) is 6.25. The van der Waals surface area contributed by atoms with Gasteiger partial charge in [0, 0.05) is 11.2 Å². The van der Waals surface area contributed by atoms with Crippen LogP contribution in [0.2, 0.25) is 0 Å². The second-order valence-corrected chi connectivity index (χ2v) is 10.3. The standard InChI is InChI=1S/C24H32N2OS/c1-6-14-28-22-26-25-21(27-22)24(5)13-7-12-23(4)19-10-8-17(16(2)3)15-18(19)9-11-20(23)24/h6,8,10,15-16,20H,1,7,9,11-14H2,2-5H3/t20?,23-,24-/m1/s1. The van der Waals surface area contributed by atoms with Crippen LogP contribution in [0.5, 0.6) is 0 Å². The zero-order valence-corrected chi connectivity index (χ0v) is 18.4. The van der Waals surface area contributed by atoms with Crippen LogP contribution in [0.15, 0.2) is 40.5 Å². The molecule has 0 N–H and O–H groups in total. The fraction of sp³-hybridized carbons (Fsp3) is 0.583. The molecule has 1 aromatic heterocycles. The third-order valence-electron chi connectivity index (χ3n) is 7.26. The van der Waals surface area contributed by atoms with E-state index in [1.54, 1.807) is 22.9 Å². The summed E-state index contributed by atoms with van der Waals surface area (Å²) >= 11 is 1.57. The number of hydrogen-bond acceptors (Lipinski definition) is 4. The third kappa shape index (κ3) is 3.14. The summed E-state index contributed by atoms with van der Waals surface area (Å²) < 4.78 is 6.15. The van der Waals surface area contributed by atoms with E-state index >= 15 is 0 Å². The van der Waals surface area contributed by atoms with E-state index in [9.17, 15) is 0 Å². The number of aromatic nitrogens is 2. The number of rotatable bonds is 5. The predicted octanol–water partition coefficient (Wildman–Crippen LogP) is 6.43. The maximum atomic E-state index is 6.15. The highest BCUT2D eigenvalue weighted by atomic mass is 32.2. The molecule has 0 aliphatic heterocycles. The van der Waals surface area contributed by atoms with Crippen molar-refractivity contribution in [2.24, 2.45) is 5.92 Å². The van der Waals surface area contributed by atoms with E-state index in [1.165, 1.54) is 24.8 Å². The lowest BCUT2D eigenvalue weighted by Gasteiger charge is -2.54. The van der Waals surface area contributed by atoms with Gasteiger partial charge < -0.3 is 4.42 Å². The molecule has 0 bridgehead atoms. The van der Waals surface area contributed by atoms with Crippen molar-refractivity contribution in [1.82, 2.24) is 10.2 Å². The molecule has 1 aromatic carbocycles. The molecule has 3 atom stereocenters. The van der Waals surface area contributed by atoms with Gasteiger partial charge in [-0.2, -0.15) is 0 Å². The molecule has 1 unspecified atom stereocenters. The Morgan fingerprint density at radius 1 is 1.25 bits per heavy atom. The maximum absolute atomic E-state index is 6.15. The van der Waals surface area contributed by atoms with Gasteiger partial charge in [-0.3, -0.25) is 0 Å². The summed E-state index contributed by atoms with van der Waals surface area (Å²) in [6.45, 7) is 13.2. The lowest BCUT2D eigenvalue weighted by Crippen LogP contribution is -2.51. The zero-order chi connectivity index (χ0) is 19.9. The zero-order valence-electron chi connectivity index (χ0n) is 17.6. The van der Waals surface area contributed by atoms with Crippen LogP contribution in [0.1, 0.15) is 81.9 Å². The highest BCUT2D eigenvalue weighted by molar-refractivity contribution is 7.99. The third-order valence-corrected chi connectivity index (χ3v) is 8.08. The van der Waals surface area contributed by atoms with Gasteiger partial charge in [0.25, 0.3) is 5.22 Å². The van der Waals surface area contributed by atoms with E-state index in [-0.39, 0.29) is 10.8 Å². The van der Waals surface area contributed by atoms with Crippen molar-refractivity contribution in [3.8, 4) is 0 Å². The van der Waals surface area contributed by atoms with Gasteiger partial charge >= 0.3 is 0 Å². The molecule has 0 radical (unpaired) electrons. The molecule has 0 saturated heterocycles. The number of nitrogens with zero attached hydrogens (tertiary/aromatic N) is 2. The molecule has 1 fully saturated rings. The first-order chi connectivity index (χ1) is 13.4. The largest absolute Gasteiger partial charge is 0.415 e. The van der Waals surface area contributed by atoms with Crippen molar-refractivity contribution >= 4 is 11.8 Å². The van der Waals surface area contributed by atoms with Gasteiger partial charge in [0.15, 0.2) is 0 Å². The number of aryl methyl sites for hydroxylation is 1. The SMILES string of the molecule is C=CCSc1nnc([C@]2(C)CCC[C@]3(C)c4ccc(C(C)C)cc4CCC23)o1. The Kier molecular flexibility index (Phi) is 5.20. The van der Waals surface area contributed by atoms with Gasteiger partial charge in [-0.1, -0.05) is 70.2 Å². The maximum Gasteiger partial charge on any atom is 0.276 e. The highest BCUT2D eigenvalue weighted by Gasteiger charge is 2.54. The van der Waals surface area contributed by atoms with Crippen LogP contribution in [0.25, 0.3) is 0 Å².